The summed E-state index contributed by atoms with van der Waals surface area (Å²) < 4.78 is 29.9. The average molecular weight is 228 g/mol. The zero-order valence-electron chi connectivity index (χ0n) is 8.16. The molecule has 15 heavy (non-hydrogen) atoms. The third-order valence-electron chi connectivity index (χ3n) is 1.87. The summed E-state index contributed by atoms with van der Waals surface area (Å²) in [6.45, 7) is 1.44. The second kappa shape index (κ2) is 4.57. The van der Waals surface area contributed by atoms with E-state index >= 15 is 0 Å². The normalized spacial score (nSPS) is 15.0. The number of rotatable bonds is 3. The molecule has 0 aliphatic carbocycles. The maximum absolute atomic E-state index is 10.6. The number of aliphatic hydroxyl groups is 1. The van der Waals surface area contributed by atoms with Crippen LogP contribution < -0.4 is 0 Å². The summed E-state index contributed by atoms with van der Waals surface area (Å²) in [6, 6.07) is 8.93. The minimum atomic E-state index is -4.43. The molecular weight excluding hydrogens is 216 g/mol. The fourth-order valence-corrected chi connectivity index (χ4v) is 1.66. The molecule has 0 aliphatic heterocycles. The number of aliphatic hydroxyl groups excluding tert-OH is 1. The number of hydrogen-bond acceptors (Lipinski definition) is 3. The van der Waals surface area contributed by atoms with Crippen molar-refractivity contribution in [3.63, 3.8) is 0 Å². The van der Waals surface area contributed by atoms with E-state index in [1.807, 2.05) is 6.07 Å². The topological polar surface area (TPSA) is 74.6 Å². The Bertz CT molecular complexity index is 448. The first-order valence-corrected chi connectivity index (χ1v) is 5.79. The Hall–Kier alpha value is -1.17. The molecule has 0 radical (unpaired) electrons. The van der Waals surface area contributed by atoms with Gasteiger partial charge in [-0.15, -0.1) is 0 Å². The summed E-state index contributed by atoms with van der Waals surface area (Å²) in [5.41, 5.74) is -0.931. The molecule has 4 nitrogen and oxygen atoms in total. The highest BCUT2D eigenvalue weighted by Gasteiger charge is 2.20. The minimum absolute atomic E-state index is 0.170. The Labute approximate surface area is 88.6 Å². The van der Waals surface area contributed by atoms with Crippen molar-refractivity contribution in [2.24, 2.45) is 0 Å². The van der Waals surface area contributed by atoms with Gasteiger partial charge in [0.2, 0.25) is 5.44 Å². The molecule has 1 aromatic carbocycles. The van der Waals surface area contributed by atoms with Crippen molar-refractivity contribution in [1.82, 2.24) is 0 Å². The molecule has 1 rings (SSSR count). The van der Waals surface area contributed by atoms with E-state index in [2.05, 4.69) is 0 Å². The van der Waals surface area contributed by atoms with Crippen molar-refractivity contribution in [1.29, 1.82) is 0 Å². The van der Waals surface area contributed by atoms with Crippen molar-refractivity contribution < 1.29 is 18.1 Å². The molecule has 0 bridgehead atoms. The van der Waals surface area contributed by atoms with Gasteiger partial charge in [-0.25, -0.2) is 0 Å². The van der Waals surface area contributed by atoms with Gasteiger partial charge in [0.25, 0.3) is 10.1 Å². The first kappa shape index (κ1) is 11.9. The van der Waals surface area contributed by atoms with Crippen LogP contribution in [0.15, 0.2) is 35.9 Å². The molecule has 2 N–H and O–H groups in total. The van der Waals surface area contributed by atoms with E-state index in [0.29, 0.717) is 0 Å². The highest BCUT2D eigenvalue weighted by atomic mass is 32.2. The highest BCUT2D eigenvalue weighted by Crippen LogP contribution is 2.12. The van der Waals surface area contributed by atoms with Crippen molar-refractivity contribution in [3.05, 3.63) is 41.5 Å². The molecular formula is C10H12O4S. The van der Waals surface area contributed by atoms with Gasteiger partial charge in [-0.1, -0.05) is 36.4 Å². The van der Waals surface area contributed by atoms with Crippen LogP contribution in [0, 0.1) is 0 Å². The molecule has 0 heterocycles. The van der Waals surface area contributed by atoms with Crippen molar-refractivity contribution in [2.45, 2.75) is 12.4 Å². The largest absolute Gasteiger partial charge is 0.372 e. The maximum Gasteiger partial charge on any atom is 0.296 e. The number of hydrogen-bond donors (Lipinski definition) is 2. The molecule has 0 aliphatic rings. The van der Waals surface area contributed by atoms with Crippen LogP contribution in [0.5, 0.6) is 0 Å². The van der Waals surface area contributed by atoms with Crippen molar-refractivity contribution in [3.8, 4) is 0 Å². The second-order valence-electron chi connectivity index (χ2n) is 3.17. The molecule has 1 unspecified atom stereocenters. The fourth-order valence-electron chi connectivity index (χ4n) is 1.12. The quantitative estimate of drug-likeness (QED) is 0.764. The van der Waals surface area contributed by atoms with E-state index in [4.69, 9.17) is 4.55 Å². The predicted octanol–water partition coefficient (Wildman–Crippen LogP) is 1.30. The Morgan fingerprint density at radius 1 is 1.33 bits per heavy atom. The Balaban J connectivity index is 2.95. The van der Waals surface area contributed by atoms with Gasteiger partial charge in [0, 0.05) is 0 Å². The van der Waals surface area contributed by atoms with E-state index in [1.54, 1.807) is 24.3 Å². The molecule has 0 aromatic heterocycles. The average Bonchev–Trinajstić information content (AvgIpc) is 2.16. The van der Waals surface area contributed by atoms with Crippen LogP contribution in [0.1, 0.15) is 12.5 Å². The molecule has 0 amide bonds. The van der Waals surface area contributed by atoms with Crippen molar-refractivity contribution in [2.75, 3.05) is 0 Å². The van der Waals surface area contributed by atoms with E-state index < -0.39 is 15.6 Å². The van der Waals surface area contributed by atoms with E-state index in [9.17, 15) is 13.5 Å². The molecule has 0 fully saturated rings. The predicted molar refractivity (Wildman–Crippen MR) is 57.6 cm³/mol. The van der Waals surface area contributed by atoms with Crippen LogP contribution in [0.25, 0.3) is 6.08 Å². The molecule has 0 spiro atoms. The highest BCUT2D eigenvalue weighted by molar-refractivity contribution is 7.86. The second-order valence-corrected chi connectivity index (χ2v) is 4.64. The number of benzene rings is 1. The zero-order valence-corrected chi connectivity index (χ0v) is 8.98. The first-order valence-electron chi connectivity index (χ1n) is 4.29. The lowest BCUT2D eigenvalue weighted by Gasteiger charge is -2.07. The van der Waals surface area contributed by atoms with E-state index in [1.165, 1.54) is 13.0 Å². The lowest BCUT2D eigenvalue weighted by molar-refractivity contribution is 0.266. The molecule has 0 saturated carbocycles. The van der Waals surface area contributed by atoms with Crippen molar-refractivity contribution >= 4 is 16.2 Å². The van der Waals surface area contributed by atoms with Gasteiger partial charge in [0.15, 0.2) is 0 Å². The molecule has 82 valence electrons. The van der Waals surface area contributed by atoms with Gasteiger partial charge in [0.05, 0.1) is 0 Å². The van der Waals surface area contributed by atoms with Crippen LogP contribution >= 0.6 is 0 Å². The van der Waals surface area contributed by atoms with Crippen LogP contribution in [-0.2, 0) is 10.1 Å². The summed E-state index contributed by atoms with van der Waals surface area (Å²) in [5.74, 6) is 0. The lowest BCUT2D eigenvalue weighted by Crippen LogP contribution is -2.20. The standard InChI is InChI=1S/C10H12O4S/c1-8(10(11)15(12,13)14)7-9-5-3-2-4-6-9/h2-7,10-11H,1H3,(H,12,13,14). The molecule has 1 atom stereocenters. The summed E-state index contributed by atoms with van der Waals surface area (Å²) in [5, 5.41) is 9.21. The molecule has 0 saturated heterocycles. The Kier molecular flexibility index (Phi) is 3.62. The maximum atomic E-state index is 10.6. The minimum Gasteiger partial charge on any atom is -0.372 e. The van der Waals surface area contributed by atoms with Gasteiger partial charge in [-0.05, 0) is 18.1 Å². The van der Waals surface area contributed by atoms with Crippen LogP contribution in [0.3, 0.4) is 0 Å². The van der Waals surface area contributed by atoms with Gasteiger partial charge in [-0.2, -0.15) is 8.42 Å². The van der Waals surface area contributed by atoms with Gasteiger partial charge < -0.3 is 5.11 Å². The first-order chi connectivity index (χ1) is 6.91. The third kappa shape index (κ3) is 3.47. The van der Waals surface area contributed by atoms with Gasteiger partial charge in [0.1, 0.15) is 0 Å². The van der Waals surface area contributed by atoms with E-state index in [-0.39, 0.29) is 5.57 Å². The van der Waals surface area contributed by atoms with Crippen LogP contribution in [0.2, 0.25) is 0 Å². The summed E-state index contributed by atoms with van der Waals surface area (Å²) in [6.07, 6.45) is 1.50. The van der Waals surface area contributed by atoms with Gasteiger partial charge in [-0.3, -0.25) is 4.55 Å². The van der Waals surface area contributed by atoms with E-state index in [0.717, 1.165) is 5.56 Å². The monoisotopic (exact) mass is 228 g/mol. The Morgan fingerprint density at radius 2 is 1.87 bits per heavy atom. The fraction of sp³-hybridized carbons (Fsp3) is 0.200. The summed E-state index contributed by atoms with van der Waals surface area (Å²) in [7, 11) is -4.43. The van der Waals surface area contributed by atoms with Gasteiger partial charge >= 0.3 is 0 Å². The zero-order chi connectivity index (χ0) is 11.5. The molecule has 1 aromatic rings. The lowest BCUT2D eigenvalue weighted by atomic mass is 10.1. The van der Waals surface area contributed by atoms with Crippen LogP contribution in [-0.4, -0.2) is 23.5 Å². The summed E-state index contributed by atoms with van der Waals surface area (Å²) in [4.78, 5) is 0. The van der Waals surface area contributed by atoms with Crippen LogP contribution in [0.4, 0.5) is 0 Å². The molecule has 5 heteroatoms. The Morgan fingerprint density at radius 3 is 2.33 bits per heavy atom. The smallest absolute Gasteiger partial charge is 0.296 e. The SMILES string of the molecule is CC(=Cc1ccccc1)C(O)S(=O)(=O)O. The summed E-state index contributed by atoms with van der Waals surface area (Å²) >= 11 is 0. The third-order valence-corrected chi connectivity index (χ3v) is 2.80.